The Morgan fingerprint density at radius 2 is 1.84 bits per heavy atom. The molecule has 1 N–H and O–H groups in total. The van der Waals surface area contributed by atoms with Gasteiger partial charge in [0, 0.05) is 31.7 Å². The second kappa shape index (κ2) is 12.8. The molecule has 4 rings (SSSR count). The van der Waals surface area contributed by atoms with Gasteiger partial charge < -0.3 is 19.5 Å². The van der Waals surface area contributed by atoms with E-state index in [1.165, 1.54) is 4.90 Å². The second-order valence-corrected chi connectivity index (χ2v) is 10.0. The van der Waals surface area contributed by atoms with Gasteiger partial charge in [-0.3, -0.25) is 14.5 Å². The van der Waals surface area contributed by atoms with Crippen LogP contribution in [0.1, 0.15) is 43.4 Å². The number of likely N-dealkylation sites (tertiary alicyclic amines) is 1. The van der Waals surface area contributed by atoms with Crippen molar-refractivity contribution in [2.75, 3.05) is 46.0 Å². The first-order chi connectivity index (χ1) is 17.9. The number of halogens is 2. The number of aliphatic hydroxyl groups excluding tert-OH is 1. The van der Waals surface area contributed by atoms with Crippen molar-refractivity contribution < 1.29 is 24.2 Å². The predicted molar refractivity (Wildman–Crippen MR) is 144 cm³/mol. The first-order valence-corrected chi connectivity index (χ1v) is 13.4. The highest BCUT2D eigenvalue weighted by Gasteiger charge is 2.46. The number of amides is 1. The average Bonchev–Trinajstić information content (AvgIpc) is 3.16. The molecular weight excluding hydrogens is 515 g/mol. The molecule has 7 nitrogen and oxygen atoms in total. The predicted octanol–water partition coefficient (Wildman–Crippen LogP) is 5.32. The Hall–Kier alpha value is -2.58. The molecule has 0 bridgehead atoms. The maximum Gasteiger partial charge on any atom is 0.295 e. The fourth-order valence-electron chi connectivity index (χ4n) is 4.65. The van der Waals surface area contributed by atoms with E-state index in [2.05, 4.69) is 11.8 Å². The smallest absolute Gasteiger partial charge is 0.295 e. The van der Waals surface area contributed by atoms with Crippen LogP contribution in [0.2, 0.25) is 10.0 Å². The van der Waals surface area contributed by atoms with Crippen LogP contribution in [0.5, 0.6) is 5.75 Å². The van der Waals surface area contributed by atoms with Gasteiger partial charge in [-0.25, -0.2) is 0 Å². The van der Waals surface area contributed by atoms with Crippen LogP contribution >= 0.6 is 23.2 Å². The van der Waals surface area contributed by atoms with Crippen LogP contribution in [-0.2, 0) is 14.3 Å². The number of hydrogen-bond acceptors (Lipinski definition) is 6. The van der Waals surface area contributed by atoms with Crippen molar-refractivity contribution in [2.24, 2.45) is 0 Å². The third-order valence-electron chi connectivity index (χ3n) is 6.65. The quantitative estimate of drug-likeness (QED) is 0.188. The van der Waals surface area contributed by atoms with E-state index in [1.54, 1.807) is 42.5 Å². The Bertz CT molecular complexity index is 1160. The van der Waals surface area contributed by atoms with E-state index in [9.17, 15) is 14.7 Å². The molecule has 0 aromatic heterocycles. The molecule has 0 aliphatic carbocycles. The molecule has 2 fully saturated rings. The van der Waals surface area contributed by atoms with Crippen molar-refractivity contribution in [3.63, 3.8) is 0 Å². The summed E-state index contributed by atoms with van der Waals surface area (Å²) in [6.07, 6.45) is 2.58. The average molecular weight is 547 g/mol. The highest BCUT2D eigenvalue weighted by molar-refractivity contribution is 6.46. The van der Waals surface area contributed by atoms with E-state index >= 15 is 0 Å². The summed E-state index contributed by atoms with van der Waals surface area (Å²) in [6.45, 7) is 6.81. The summed E-state index contributed by atoms with van der Waals surface area (Å²) in [5, 5.41) is 12.0. The molecular formula is C28H32Cl2N2O5. The molecule has 2 aromatic rings. The number of unbranched alkanes of at least 4 members (excludes halogenated alkanes) is 1. The minimum atomic E-state index is -0.788. The number of carbonyl (C=O) groups excluding carboxylic acids is 2. The lowest BCUT2D eigenvalue weighted by molar-refractivity contribution is -0.140. The number of hydrogen-bond donors (Lipinski definition) is 1. The number of morpholine rings is 1. The molecule has 0 radical (unpaired) electrons. The van der Waals surface area contributed by atoms with Crippen molar-refractivity contribution in [3.05, 3.63) is 69.2 Å². The van der Waals surface area contributed by atoms with E-state index in [0.717, 1.165) is 32.5 Å². The Kier molecular flexibility index (Phi) is 9.49. The van der Waals surface area contributed by atoms with Crippen LogP contribution in [0.15, 0.2) is 48.0 Å². The van der Waals surface area contributed by atoms with Gasteiger partial charge in [-0.05, 0) is 42.7 Å². The van der Waals surface area contributed by atoms with Crippen LogP contribution in [0, 0.1) is 0 Å². The zero-order chi connectivity index (χ0) is 26.4. The molecule has 2 aliphatic rings. The minimum absolute atomic E-state index is 0.0282. The number of aliphatic hydroxyl groups is 1. The van der Waals surface area contributed by atoms with E-state index in [0.29, 0.717) is 59.7 Å². The van der Waals surface area contributed by atoms with Crippen molar-refractivity contribution in [1.82, 2.24) is 9.80 Å². The van der Waals surface area contributed by atoms with Gasteiger partial charge in [0.15, 0.2) is 0 Å². The van der Waals surface area contributed by atoms with E-state index in [4.69, 9.17) is 32.7 Å². The van der Waals surface area contributed by atoms with E-state index < -0.39 is 17.7 Å². The molecule has 2 aromatic carbocycles. The molecule has 37 heavy (non-hydrogen) atoms. The number of nitrogens with zero attached hydrogens (tertiary/aromatic N) is 2. The Labute approximate surface area is 227 Å². The van der Waals surface area contributed by atoms with Gasteiger partial charge in [-0.2, -0.15) is 0 Å². The van der Waals surface area contributed by atoms with Crippen molar-refractivity contribution in [1.29, 1.82) is 0 Å². The van der Waals surface area contributed by atoms with Crippen LogP contribution in [0.25, 0.3) is 5.76 Å². The van der Waals surface area contributed by atoms with Gasteiger partial charge in [0.2, 0.25) is 0 Å². The summed E-state index contributed by atoms with van der Waals surface area (Å²) >= 11 is 12.5. The van der Waals surface area contributed by atoms with Gasteiger partial charge in [0.25, 0.3) is 11.7 Å². The summed E-state index contributed by atoms with van der Waals surface area (Å²) < 4.78 is 11.2. The number of ether oxygens (including phenoxy) is 2. The summed E-state index contributed by atoms with van der Waals surface area (Å²) in [6, 6.07) is 11.2. The van der Waals surface area contributed by atoms with Crippen LogP contribution in [0.3, 0.4) is 0 Å². The first-order valence-electron chi connectivity index (χ1n) is 12.7. The fraction of sp³-hybridized carbons (Fsp3) is 0.429. The highest BCUT2D eigenvalue weighted by atomic mass is 35.5. The molecule has 198 valence electrons. The Balaban J connectivity index is 1.67. The summed E-state index contributed by atoms with van der Waals surface area (Å²) in [7, 11) is 0. The molecule has 2 heterocycles. The highest BCUT2D eigenvalue weighted by Crippen LogP contribution is 2.41. The standard InChI is InChI=1S/C28H32Cl2N2O5/c1-2-3-14-37-21-7-4-6-20(17-21)26(33)24-25(19-8-9-22(29)23(30)18-19)32(28(35)27(24)34)11-5-10-31-12-15-36-16-13-31/h4,6-9,17-18,25,33H,2-3,5,10-16H2,1H3/b26-24+. The van der Waals surface area contributed by atoms with Crippen molar-refractivity contribution in [3.8, 4) is 5.75 Å². The number of carbonyl (C=O) groups is 2. The topological polar surface area (TPSA) is 79.3 Å². The Morgan fingerprint density at radius 1 is 1.05 bits per heavy atom. The molecule has 9 heteroatoms. The minimum Gasteiger partial charge on any atom is -0.507 e. The summed E-state index contributed by atoms with van der Waals surface area (Å²) in [4.78, 5) is 30.3. The van der Waals surface area contributed by atoms with Gasteiger partial charge in [0.1, 0.15) is 11.5 Å². The van der Waals surface area contributed by atoms with E-state index in [1.807, 2.05) is 0 Å². The molecule has 0 saturated carbocycles. The molecule has 2 saturated heterocycles. The summed E-state index contributed by atoms with van der Waals surface area (Å²) in [5.41, 5.74) is 1.04. The first kappa shape index (κ1) is 27.5. The van der Waals surface area contributed by atoms with Crippen molar-refractivity contribution in [2.45, 2.75) is 32.2 Å². The third-order valence-corrected chi connectivity index (χ3v) is 7.39. The monoisotopic (exact) mass is 546 g/mol. The fourth-order valence-corrected chi connectivity index (χ4v) is 4.96. The molecule has 1 amide bonds. The molecule has 0 spiro atoms. The zero-order valence-electron chi connectivity index (χ0n) is 20.9. The number of ketones is 1. The maximum absolute atomic E-state index is 13.3. The Morgan fingerprint density at radius 3 is 2.57 bits per heavy atom. The number of rotatable bonds is 10. The maximum atomic E-state index is 13.3. The summed E-state index contributed by atoms with van der Waals surface area (Å²) in [5.74, 6) is -1.03. The number of benzene rings is 2. The van der Waals surface area contributed by atoms with Crippen LogP contribution < -0.4 is 4.74 Å². The normalized spacial score (nSPS) is 20.0. The van der Waals surface area contributed by atoms with Crippen LogP contribution in [0.4, 0.5) is 0 Å². The van der Waals surface area contributed by atoms with Gasteiger partial charge in [-0.1, -0.05) is 54.7 Å². The third kappa shape index (κ3) is 6.47. The van der Waals surface area contributed by atoms with Gasteiger partial charge in [-0.15, -0.1) is 0 Å². The van der Waals surface area contributed by atoms with Gasteiger partial charge >= 0.3 is 0 Å². The largest absolute Gasteiger partial charge is 0.507 e. The lowest BCUT2D eigenvalue weighted by Crippen LogP contribution is -2.38. The molecule has 2 aliphatic heterocycles. The number of Topliss-reactive ketones (excluding diaryl/α,β-unsaturated/α-hetero) is 1. The van der Waals surface area contributed by atoms with Crippen LogP contribution in [-0.4, -0.2) is 72.6 Å². The SMILES string of the molecule is CCCCOc1cccc(/C(O)=C2\C(=O)C(=O)N(CCCN3CCOCC3)C2c2ccc(Cl)c(Cl)c2)c1. The molecule has 1 unspecified atom stereocenters. The van der Waals surface area contributed by atoms with Gasteiger partial charge in [0.05, 0.1) is 41.5 Å². The zero-order valence-corrected chi connectivity index (χ0v) is 22.4. The molecule has 1 atom stereocenters. The van der Waals surface area contributed by atoms with E-state index in [-0.39, 0.29) is 11.3 Å². The lowest BCUT2D eigenvalue weighted by Gasteiger charge is -2.29. The second-order valence-electron chi connectivity index (χ2n) is 9.20. The lowest BCUT2D eigenvalue weighted by atomic mass is 9.95. The van der Waals surface area contributed by atoms with Crippen molar-refractivity contribution >= 4 is 40.7 Å².